The van der Waals surface area contributed by atoms with Gasteiger partial charge in [0, 0.05) is 6.54 Å². The first-order valence-corrected chi connectivity index (χ1v) is 6.58. The summed E-state index contributed by atoms with van der Waals surface area (Å²) >= 11 is 4.39. The third-order valence-corrected chi connectivity index (χ3v) is 4.09. The molecule has 1 atom stereocenters. The van der Waals surface area contributed by atoms with Gasteiger partial charge in [0.05, 0.1) is 4.99 Å². The Labute approximate surface area is 118 Å². The number of hydrogen-bond acceptors (Lipinski definition) is 3. The summed E-state index contributed by atoms with van der Waals surface area (Å²) in [7, 11) is 0. The highest BCUT2D eigenvalue weighted by molar-refractivity contribution is 7.80. The molecule has 2 fully saturated rings. The monoisotopic (exact) mass is 309 g/mol. The molecule has 5 nitrogen and oxygen atoms in total. The number of halogens is 3. The zero-order valence-corrected chi connectivity index (χ0v) is 11.3. The summed E-state index contributed by atoms with van der Waals surface area (Å²) in [6.45, 7) is -0.856. The minimum absolute atomic E-state index is 0.456. The SMILES string of the molecule is NC(=S)C(CN1C(=O)NC2(CCCC2)C1=O)C(F)(F)F. The number of thiocarbonyl (C=S) groups is 1. The number of rotatable bonds is 3. The molecule has 0 radical (unpaired) electrons. The van der Waals surface area contributed by atoms with E-state index >= 15 is 0 Å². The normalized spacial score (nSPS) is 23.2. The van der Waals surface area contributed by atoms with Crippen molar-refractivity contribution in [2.45, 2.75) is 37.4 Å². The van der Waals surface area contributed by atoms with E-state index in [4.69, 9.17) is 5.73 Å². The lowest BCUT2D eigenvalue weighted by Crippen LogP contribution is -2.47. The van der Waals surface area contributed by atoms with Gasteiger partial charge < -0.3 is 11.1 Å². The first-order chi connectivity index (χ1) is 9.17. The molecule has 1 unspecified atom stereocenters. The topological polar surface area (TPSA) is 75.4 Å². The van der Waals surface area contributed by atoms with Gasteiger partial charge in [-0.1, -0.05) is 25.1 Å². The summed E-state index contributed by atoms with van der Waals surface area (Å²) < 4.78 is 38.4. The van der Waals surface area contributed by atoms with Crippen molar-refractivity contribution >= 4 is 29.1 Å². The van der Waals surface area contributed by atoms with Crippen molar-refractivity contribution in [2.24, 2.45) is 11.7 Å². The van der Waals surface area contributed by atoms with Crippen LogP contribution < -0.4 is 11.1 Å². The van der Waals surface area contributed by atoms with Crippen molar-refractivity contribution in [1.82, 2.24) is 10.2 Å². The van der Waals surface area contributed by atoms with E-state index in [1.54, 1.807) is 0 Å². The van der Waals surface area contributed by atoms with Crippen LogP contribution in [0.5, 0.6) is 0 Å². The Kier molecular flexibility index (Phi) is 3.66. The summed E-state index contributed by atoms with van der Waals surface area (Å²) in [4.78, 5) is 23.8. The lowest BCUT2D eigenvalue weighted by atomic mass is 9.97. The fourth-order valence-corrected chi connectivity index (χ4v) is 2.90. The number of amides is 3. The van der Waals surface area contributed by atoms with Crippen LogP contribution in [0.1, 0.15) is 25.7 Å². The van der Waals surface area contributed by atoms with Crippen LogP contribution in [0.15, 0.2) is 0 Å². The number of carbonyl (C=O) groups is 2. The maximum absolute atomic E-state index is 12.8. The third kappa shape index (κ3) is 2.46. The molecule has 0 aromatic rings. The quantitative estimate of drug-likeness (QED) is 0.609. The van der Waals surface area contributed by atoms with Crippen LogP contribution in [0.4, 0.5) is 18.0 Å². The molecular weight excluding hydrogens is 295 g/mol. The predicted octanol–water partition coefficient (Wildman–Crippen LogP) is 1.32. The maximum atomic E-state index is 12.8. The number of hydrogen-bond donors (Lipinski definition) is 2. The van der Waals surface area contributed by atoms with Gasteiger partial charge in [-0.2, -0.15) is 13.2 Å². The van der Waals surface area contributed by atoms with Crippen molar-refractivity contribution in [1.29, 1.82) is 0 Å². The van der Waals surface area contributed by atoms with Crippen molar-refractivity contribution in [3.63, 3.8) is 0 Å². The Morgan fingerprint density at radius 1 is 1.40 bits per heavy atom. The molecule has 1 saturated carbocycles. The van der Waals surface area contributed by atoms with Crippen LogP contribution >= 0.6 is 12.2 Å². The number of urea groups is 1. The third-order valence-electron chi connectivity index (χ3n) is 3.81. The minimum atomic E-state index is -4.68. The number of nitrogens with two attached hydrogens (primary N) is 1. The summed E-state index contributed by atoms with van der Waals surface area (Å²) in [6, 6.07) is -0.803. The lowest BCUT2D eigenvalue weighted by molar-refractivity contribution is -0.159. The molecule has 0 bridgehead atoms. The van der Waals surface area contributed by atoms with Gasteiger partial charge >= 0.3 is 12.2 Å². The number of alkyl halides is 3. The second-order valence-corrected chi connectivity index (χ2v) is 5.60. The van der Waals surface area contributed by atoms with Crippen LogP contribution in [0.3, 0.4) is 0 Å². The highest BCUT2D eigenvalue weighted by atomic mass is 32.1. The molecule has 2 aliphatic rings. The number of imide groups is 1. The van der Waals surface area contributed by atoms with E-state index in [9.17, 15) is 22.8 Å². The van der Waals surface area contributed by atoms with Crippen molar-refractivity contribution in [2.75, 3.05) is 6.54 Å². The van der Waals surface area contributed by atoms with E-state index < -0.39 is 41.1 Å². The highest BCUT2D eigenvalue weighted by Crippen LogP contribution is 2.36. The molecule has 9 heteroatoms. The number of nitrogens with one attached hydrogen (secondary N) is 1. The fourth-order valence-electron chi connectivity index (χ4n) is 2.70. The molecule has 3 N–H and O–H groups in total. The zero-order valence-electron chi connectivity index (χ0n) is 10.5. The zero-order chi connectivity index (χ0) is 15.1. The van der Waals surface area contributed by atoms with E-state index in [0.29, 0.717) is 17.7 Å². The summed E-state index contributed by atoms with van der Waals surface area (Å²) in [5.74, 6) is -2.78. The van der Waals surface area contributed by atoms with Crippen LogP contribution in [-0.2, 0) is 4.79 Å². The Balaban J connectivity index is 2.19. The number of nitrogens with zero attached hydrogens (tertiary/aromatic N) is 1. The van der Waals surface area contributed by atoms with E-state index in [2.05, 4.69) is 17.5 Å². The molecule has 0 aromatic carbocycles. The summed E-state index contributed by atoms with van der Waals surface area (Å²) in [5, 5.41) is 2.51. The second-order valence-electron chi connectivity index (χ2n) is 5.13. The smallest absolute Gasteiger partial charge is 0.393 e. The average molecular weight is 309 g/mol. The second kappa shape index (κ2) is 4.87. The van der Waals surface area contributed by atoms with Gasteiger partial charge in [0.1, 0.15) is 11.5 Å². The largest absolute Gasteiger partial charge is 0.399 e. The molecule has 1 saturated heterocycles. The van der Waals surface area contributed by atoms with E-state index in [0.717, 1.165) is 12.8 Å². The molecule has 3 amide bonds. The molecule has 1 heterocycles. The van der Waals surface area contributed by atoms with Gasteiger partial charge in [0.2, 0.25) is 0 Å². The summed E-state index contributed by atoms with van der Waals surface area (Å²) in [5.41, 5.74) is 4.05. The van der Waals surface area contributed by atoms with Crippen LogP contribution in [-0.4, -0.2) is 40.1 Å². The van der Waals surface area contributed by atoms with Crippen molar-refractivity contribution in [3.8, 4) is 0 Å². The molecule has 1 aliphatic heterocycles. The summed E-state index contributed by atoms with van der Waals surface area (Å²) in [6.07, 6.45) is -2.25. The molecular formula is C11H14F3N3O2S. The Morgan fingerprint density at radius 3 is 2.40 bits per heavy atom. The first-order valence-electron chi connectivity index (χ1n) is 6.17. The minimum Gasteiger partial charge on any atom is -0.393 e. The van der Waals surface area contributed by atoms with Crippen LogP contribution in [0.25, 0.3) is 0 Å². The lowest BCUT2D eigenvalue weighted by Gasteiger charge is -2.24. The van der Waals surface area contributed by atoms with Gasteiger partial charge in [-0.25, -0.2) is 4.79 Å². The van der Waals surface area contributed by atoms with Crippen molar-refractivity contribution < 1.29 is 22.8 Å². The van der Waals surface area contributed by atoms with Crippen LogP contribution in [0, 0.1) is 5.92 Å². The fraction of sp³-hybridized carbons (Fsp3) is 0.727. The predicted molar refractivity (Wildman–Crippen MR) is 67.8 cm³/mol. The molecule has 2 rings (SSSR count). The standard InChI is InChI=1S/C11H14F3N3O2S/c12-11(13,14)6(7(15)20)5-17-8(18)10(16-9(17)19)3-1-2-4-10/h6H,1-5H2,(H2,15,20)(H,16,19). The van der Waals surface area contributed by atoms with Gasteiger partial charge in [-0.3, -0.25) is 9.69 Å². The van der Waals surface area contributed by atoms with Gasteiger partial charge in [-0.05, 0) is 12.8 Å². The molecule has 20 heavy (non-hydrogen) atoms. The Hall–Kier alpha value is -1.38. The van der Waals surface area contributed by atoms with E-state index in [1.165, 1.54) is 0 Å². The highest BCUT2D eigenvalue weighted by Gasteiger charge is 2.54. The van der Waals surface area contributed by atoms with Crippen LogP contribution in [0.2, 0.25) is 0 Å². The Bertz CT molecular complexity index is 460. The molecule has 1 spiro atoms. The number of carbonyl (C=O) groups excluding carboxylic acids is 2. The maximum Gasteiger partial charge on any atom is 0.399 e. The molecule has 1 aliphatic carbocycles. The van der Waals surface area contributed by atoms with E-state index in [1.807, 2.05) is 0 Å². The first kappa shape index (κ1) is 15.0. The molecule has 0 aromatic heterocycles. The van der Waals surface area contributed by atoms with Gasteiger partial charge in [-0.15, -0.1) is 0 Å². The van der Waals surface area contributed by atoms with Gasteiger partial charge in [0.15, 0.2) is 0 Å². The molecule has 112 valence electrons. The Morgan fingerprint density at radius 2 is 1.95 bits per heavy atom. The van der Waals surface area contributed by atoms with Gasteiger partial charge in [0.25, 0.3) is 5.91 Å². The average Bonchev–Trinajstić information content (AvgIpc) is 2.84. The van der Waals surface area contributed by atoms with E-state index in [-0.39, 0.29) is 0 Å². The van der Waals surface area contributed by atoms with Crippen molar-refractivity contribution in [3.05, 3.63) is 0 Å².